The normalized spacial score (nSPS) is 15.4. The summed E-state index contributed by atoms with van der Waals surface area (Å²) in [6, 6.07) is 5.13. The van der Waals surface area contributed by atoms with Crippen LogP contribution >= 0.6 is 23.2 Å². The summed E-state index contributed by atoms with van der Waals surface area (Å²) >= 11 is 12.2. The van der Waals surface area contributed by atoms with Crippen LogP contribution in [0.3, 0.4) is 0 Å². The van der Waals surface area contributed by atoms with E-state index in [9.17, 15) is 4.79 Å². The van der Waals surface area contributed by atoms with Crippen LogP contribution in [0.4, 0.5) is 4.79 Å². The Balaban J connectivity index is 1.74. The van der Waals surface area contributed by atoms with Crippen LogP contribution in [0.15, 0.2) is 18.2 Å². The highest BCUT2D eigenvalue weighted by atomic mass is 35.5. The Morgan fingerprint density at radius 2 is 2.00 bits per heavy atom. The van der Waals surface area contributed by atoms with Crippen molar-refractivity contribution < 1.29 is 19.4 Å². The van der Waals surface area contributed by atoms with Gasteiger partial charge in [0.2, 0.25) is 0 Å². The van der Waals surface area contributed by atoms with Gasteiger partial charge in [-0.25, -0.2) is 9.78 Å². The minimum atomic E-state index is -0.865. The highest BCUT2D eigenvalue weighted by molar-refractivity contribution is 6.37. The number of carboxylic acid groups (broad SMARTS) is 1. The third kappa shape index (κ3) is 4.02. The molecule has 6 nitrogen and oxygen atoms in total. The van der Waals surface area contributed by atoms with E-state index < -0.39 is 6.09 Å². The Labute approximate surface area is 155 Å². The van der Waals surface area contributed by atoms with Crippen molar-refractivity contribution in [3.63, 3.8) is 0 Å². The summed E-state index contributed by atoms with van der Waals surface area (Å²) in [5, 5.41) is 10.6. The van der Waals surface area contributed by atoms with Crippen molar-refractivity contribution in [2.45, 2.75) is 12.8 Å². The number of rotatable bonds is 4. The molecule has 2 aromatic rings. The maximum absolute atomic E-state index is 11.0. The number of pyridine rings is 1. The first-order valence-corrected chi connectivity index (χ1v) is 8.68. The van der Waals surface area contributed by atoms with E-state index in [-0.39, 0.29) is 0 Å². The fourth-order valence-electron chi connectivity index (χ4n) is 2.93. The third-order valence-electron chi connectivity index (χ3n) is 4.37. The molecule has 0 bridgehead atoms. The molecule has 1 aliphatic rings. The van der Waals surface area contributed by atoms with Gasteiger partial charge in [-0.15, -0.1) is 0 Å². The standard InChI is InChI=1S/C17H18Cl2N2O4/c1-24-14-6-11-12(18)7-16(19)20-13(11)8-15(14)25-9-10-2-4-21(5-3-10)17(22)23/h6-8,10H,2-5,9H2,1H3,(H,22,23). The molecule has 25 heavy (non-hydrogen) atoms. The van der Waals surface area contributed by atoms with E-state index in [1.807, 2.05) is 0 Å². The fourth-order valence-corrected chi connectivity index (χ4v) is 3.44. The molecule has 1 aliphatic heterocycles. The smallest absolute Gasteiger partial charge is 0.407 e. The second-order valence-corrected chi connectivity index (χ2v) is 6.77. The van der Waals surface area contributed by atoms with Crippen LogP contribution in [-0.4, -0.2) is 47.9 Å². The van der Waals surface area contributed by atoms with E-state index in [1.165, 1.54) is 4.90 Å². The van der Waals surface area contributed by atoms with E-state index in [1.54, 1.807) is 25.3 Å². The van der Waals surface area contributed by atoms with Crippen LogP contribution in [0.5, 0.6) is 11.5 Å². The molecule has 0 saturated carbocycles. The van der Waals surface area contributed by atoms with Crippen molar-refractivity contribution in [2.24, 2.45) is 5.92 Å². The molecule has 0 radical (unpaired) electrons. The SMILES string of the molecule is COc1cc2c(Cl)cc(Cl)nc2cc1OCC1CCN(C(=O)O)CC1. The molecule has 1 N–H and O–H groups in total. The largest absolute Gasteiger partial charge is 0.493 e. The van der Waals surface area contributed by atoms with Crippen molar-refractivity contribution in [2.75, 3.05) is 26.8 Å². The molecular weight excluding hydrogens is 367 g/mol. The van der Waals surface area contributed by atoms with Gasteiger partial charge in [-0.2, -0.15) is 0 Å². The van der Waals surface area contributed by atoms with Crippen molar-refractivity contribution in [3.8, 4) is 11.5 Å². The van der Waals surface area contributed by atoms with Gasteiger partial charge in [-0.1, -0.05) is 23.2 Å². The predicted molar refractivity (Wildman–Crippen MR) is 96.1 cm³/mol. The minimum Gasteiger partial charge on any atom is -0.493 e. The number of amides is 1. The summed E-state index contributed by atoms with van der Waals surface area (Å²) in [7, 11) is 1.57. The predicted octanol–water partition coefficient (Wildman–Crippen LogP) is 4.32. The molecule has 0 spiro atoms. The Bertz CT molecular complexity index is 792. The quantitative estimate of drug-likeness (QED) is 0.794. The number of fused-ring (bicyclic) bond motifs is 1. The summed E-state index contributed by atoms with van der Waals surface area (Å²) in [5.41, 5.74) is 0.633. The van der Waals surface area contributed by atoms with Crippen molar-refractivity contribution in [1.82, 2.24) is 9.88 Å². The summed E-state index contributed by atoms with van der Waals surface area (Å²) in [5.74, 6) is 1.44. The highest BCUT2D eigenvalue weighted by Crippen LogP contribution is 2.36. The molecule has 1 fully saturated rings. The first-order chi connectivity index (χ1) is 12.0. The molecule has 0 atom stereocenters. The van der Waals surface area contributed by atoms with Gasteiger partial charge in [0.05, 0.1) is 24.3 Å². The number of hydrogen-bond donors (Lipinski definition) is 1. The van der Waals surface area contributed by atoms with E-state index in [0.717, 1.165) is 18.2 Å². The van der Waals surface area contributed by atoms with Crippen molar-refractivity contribution in [1.29, 1.82) is 0 Å². The maximum Gasteiger partial charge on any atom is 0.407 e. The zero-order valence-corrected chi connectivity index (χ0v) is 15.2. The topological polar surface area (TPSA) is 71.9 Å². The lowest BCUT2D eigenvalue weighted by atomic mass is 9.98. The van der Waals surface area contributed by atoms with Crippen LogP contribution < -0.4 is 9.47 Å². The average Bonchev–Trinajstić information content (AvgIpc) is 2.59. The first kappa shape index (κ1) is 17.9. The number of piperidine rings is 1. The minimum absolute atomic E-state index is 0.298. The molecule has 1 aromatic carbocycles. The van der Waals surface area contributed by atoms with Gasteiger partial charge in [0.15, 0.2) is 11.5 Å². The van der Waals surface area contributed by atoms with Gasteiger partial charge in [-0.05, 0) is 30.9 Å². The maximum atomic E-state index is 11.0. The molecule has 1 amide bonds. The van der Waals surface area contributed by atoms with Crippen LogP contribution in [0.25, 0.3) is 10.9 Å². The van der Waals surface area contributed by atoms with Gasteiger partial charge >= 0.3 is 6.09 Å². The Kier molecular flexibility index (Phi) is 5.39. The molecule has 2 heterocycles. The second kappa shape index (κ2) is 7.54. The van der Waals surface area contributed by atoms with E-state index in [4.69, 9.17) is 37.8 Å². The van der Waals surface area contributed by atoms with Crippen LogP contribution in [0.2, 0.25) is 10.2 Å². The number of benzene rings is 1. The van der Waals surface area contributed by atoms with E-state index >= 15 is 0 Å². The Hall–Kier alpha value is -1.92. The average molecular weight is 385 g/mol. The number of nitrogens with zero attached hydrogens (tertiary/aromatic N) is 2. The van der Waals surface area contributed by atoms with Crippen molar-refractivity contribution >= 4 is 40.2 Å². The molecule has 0 unspecified atom stereocenters. The summed E-state index contributed by atoms with van der Waals surface area (Å²) < 4.78 is 11.3. The van der Waals surface area contributed by atoms with Crippen molar-refractivity contribution in [3.05, 3.63) is 28.4 Å². The number of carbonyl (C=O) groups is 1. The lowest BCUT2D eigenvalue weighted by Crippen LogP contribution is -2.38. The lowest BCUT2D eigenvalue weighted by Gasteiger charge is -2.29. The second-order valence-electron chi connectivity index (χ2n) is 5.97. The monoisotopic (exact) mass is 384 g/mol. The summed E-state index contributed by atoms with van der Waals surface area (Å²) in [6.45, 7) is 1.56. The molecule has 1 aromatic heterocycles. The van der Waals surface area contributed by atoms with Gasteiger partial charge in [0, 0.05) is 24.5 Å². The molecule has 0 aliphatic carbocycles. The Morgan fingerprint density at radius 1 is 1.28 bits per heavy atom. The molecule has 8 heteroatoms. The highest BCUT2D eigenvalue weighted by Gasteiger charge is 2.23. The van der Waals surface area contributed by atoms with Crippen LogP contribution in [-0.2, 0) is 0 Å². The van der Waals surface area contributed by atoms with Gasteiger partial charge in [0.25, 0.3) is 0 Å². The number of hydrogen-bond acceptors (Lipinski definition) is 4. The number of methoxy groups -OCH3 is 1. The van der Waals surface area contributed by atoms with Gasteiger partial charge in [0.1, 0.15) is 5.15 Å². The fraction of sp³-hybridized carbons (Fsp3) is 0.412. The number of aromatic nitrogens is 1. The third-order valence-corrected chi connectivity index (χ3v) is 4.88. The summed E-state index contributed by atoms with van der Waals surface area (Å²) in [6.07, 6.45) is 0.686. The zero-order valence-electron chi connectivity index (χ0n) is 13.7. The number of ether oxygens (including phenoxy) is 2. The zero-order chi connectivity index (χ0) is 18.0. The lowest BCUT2D eigenvalue weighted by molar-refractivity contribution is 0.111. The van der Waals surface area contributed by atoms with E-state index in [2.05, 4.69) is 4.98 Å². The van der Waals surface area contributed by atoms with Crippen LogP contribution in [0, 0.1) is 5.92 Å². The van der Waals surface area contributed by atoms with E-state index in [0.29, 0.717) is 52.8 Å². The number of likely N-dealkylation sites (tertiary alicyclic amines) is 1. The van der Waals surface area contributed by atoms with Gasteiger partial charge < -0.3 is 19.5 Å². The van der Waals surface area contributed by atoms with Crippen LogP contribution in [0.1, 0.15) is 12.8 Å². The molecular formula is C17H18Cl2N2O4. The molecule has 3 rings (SSSR count). The summed E-state index contributed by atoms with van der Waals surface area (Å²) in [4.78, 5) is 16.7. The molecule has 1 saturated heterocycles. The number of halogens is 2. The van der Waals surface area contributed by atoms with Gasteiger partial charge in [-0.3, -0.25) is 0 Å². The Morgan fingerprint density at radius 3 is 2.64 bits per heavy atom. The first-order valence-electron chi connectivity index (χ1n) is 7.92. The molecule has 134 valence electrons.